The topological polar surface area (TPSA) is 55.8 Å². The van der Waals surface area contributed by atoms with E-state index in [2.05, 4.69) is 15.1 Å². The molecule has 0 saturated carbocycles. The Morgan fingerprint density at radius 2 is 1.96 bits per heavy atom. The summed E-state index contributed by atoms with van der Waals surface area (Å²) in [4.78, 5) is 17.3. The summed E-state index contributed by atoms with van der Waals surface area (Å²) in [5.74, 6) is 1.25. The summed E-state index contributed by atoms with van der Waals surface area (Å²) in [5, 5.41) is 13.0. The molecule has 3 fully saturated rings. The van der Waals surface area contributed by atoms with Crippen LogP contribution < -0.4 is 5.32 Å². The second kappa shape index (κ2) is 8.07. The van der Waals surface area contributed by atoms with E-state index in [0.29, 0.717) is 31.0 Å². The van der Waals surface area contributed by atoms with Crippen molar-refractivity contribution in [2.24, 2.45) is 11.8 Å². The standard InChI is InChI=1S/C21H31N3O2/c25-15-20-18-10-17(19-8-4-5-9-24(19)20)12-23(13-18)14-21(26)22-11-16-6-2-1-3-7-16/h1-3,6-7,17-20,25H,4-5,8-15H2,(H,22,26)/t17-,18+,19+,20+/m1/s1. The Balaban J connectivity index is 1.34. The van der Waals surface area contributed by atoms with Crippen molar-refractivity contribution < 1.29 is 9.90 Å². The lowest BCUT2D eigenvalue weighted by Gasteiger charge is -2.56. The summed E-state index contributed by atoms with van der Waals surface area (Å²) in [5.41, 5.74) is 1.13. The molecule has 4 atom stereocenters. The molecule has 0 unspecified atom stereocenters. The minimum atomic E-state index is 0.106. The molecule has 142 valence electrons. The van der Waals surface area contributed by atoms with E-state index in [9.17, 15) is 9.90 Å². The van der Waals surface area contributed by atoms with E-state index in [1.54, 1.807) is 0 Å². The first-order valence-corrected chi connectivity index (χ1v) is 10.1. The molecular weight excluding hydrogens is 326 g/mol. The van der Waals surface area contributed by atoms with Crippen LogP contribution >= 0.6 is 0 Å². The number of hydrogen-bond acceptors (Lipinski definition) is 4. The number of likely N-dealkylation sites (tertiary alicyclic amines) is 1. The normalized spacial score (nSPS) is 32.0. The average Bonchev–Trinajstić information content (AvgIpc) is 2.68. The Kier molecular flexibility index (Phi) is 5.57. The highest BCUT2D eigenvalue weighted by molar-refractivity contribution is 5.78. The Morgan fingerprint density at radius 3 is 2.77 bits per heavy atom. The van der Waals surface area contributed by atoms with Gasteiger partial charge in [-0.3, -0.25) is 14.6 Å². The van der Waals surface area contributed by atoms with E-state index in [-0.39, 0.29) is 18.6 Å². The second-order valence-electron chi connectivity index (χ2n) is 8.26. The number of carbonyl (C=O) groups excluding carboxylic acids is 1. The van der Waals surface area contributed by atoms with E-state index in [1.165, 1.54) is 25.7 Å². The number of hydrogen-bond donors (Lipinski definition) is 2. The maximum absolute atomic E-state index is 12.4. The van der Waals surface area contributed by atoms with Gasteiger partial charge in [0.15, 0.2) is 0 Å². The number of carbonyl (C=O) groups is 1. The molecule has 1 aromatic carbocycles. The van der Waals surface area contributed by atoms with Gasteiger partial charge in [0.2, 0.25) is 5.91 Å². The molecule has 0 spiro atoms. The molecule has 26 heavy (non-hydrogen) atoms. The predicted octanol–water partition coefficient (Wildman–Crippen LogP) is 1.47. The van der Waals surface area contributed by atoms with E-state index >= 15 is 0 Å². The number of nitrogens with one attached hydrogen (secondary N) is 1. The van der Waals surface area contributed by atoms with Crippen molar-refractivity contribution in [2.45, 2.75) is 44.3 Å². The van der Waals surface area contributed by atoms with Crippen LogP contribution in [0.15, 0.2) is 30.3 Å². The Labute approximate surface area is 156 Å². The summed E-state index contributed by atoms with van der Waals surface area (Å²) in [7, 11) is 0. The highest BCUT2D eigenvalue weighted by Gasteiger charge is 2.46. The predicted molar refractivity (Wildman–Crippen MR) is 102 cm³/mol. The van der Waals surface area contributed by atoms with Gasteiger partial charge in [0, 0.05) is 31.7 Å². The summed E-state index contributed by atoms with van der Waals surface area (Å²) in [6.45, 7) is 4.42. The molecule has 5 heteroatoms. The van der Waals surface area contributed by atoms with Crippen LogP contribution in [0.2, 0.25) is 0 Å². The van der Waals surface area contributed by atoms with Gasteiger partial charge < -0.3 is 10.4 Å². The lowest BCUT2D eigenvalue weighted by molar-refractivity contribution is -0.126. The minimum absolute atomic E-state index is 0.106. The molecule has 0 radical (unpaired) electrons. The first-order chi connectivity index (χ1) is 12.7. The van der Waals surface area contributed by atoms with Crippen molar-refractivity contribution in [3.05, 3.63) is 35.9 Å². The molecule has 3 aliphatic heterocycles. The fraction of sp³-hybridized carbons (Fsp3) is 0.667. The third-order valence-corrected chi connectivity index (χ3v) is 6.58. The molecule has 2 N–H and O–H groups in total. The highest BCUT2D eigenvalue weighted by atomic mass is 16.3. The number of piperidine rings is 3. The number of aliphatic hydroxyl groups excluding tert-OH is 1. The fourth-order valence-corrected chi connectivity index (χ4v) is 5.44. The number of aliphatic hydroxyl groups is 1. The quantitative estimate of drug-likeness (QED) is 0.838. The van der Waals surface area contributed by atoms with E-state index in [4.69, 9.17) is 0 Å². The maximum Gasteiger partial charge on any atom is 0.234 e. The second-order valence-corrected chi connectivity index (χ2v) is 8.26. The fourth-order valence-electron chi connectivity index (χ4n) is 5.44. The van der Waals surface area contributed by atoms with Gasteiger partial charge in [-0.25, -0.2) is 0 Å². The van der Waals surface area contributed by atoms with Gasteiger partial charge in [0.1, 0.15) is 0 Å². The van der Waals surface area contributed by atoms with Gasteiger partial charge in [0.25, 0.3) is 0 Å². The first-order valence-electron chi connectivity index (χ1n) is 10.1. The molecule has 4 rings (SSSR count). The summed E-state index contributed by atoms with van der Waals surface area (Å²) in [6.07, 6.45) is 5.03. The number of benzene rings is 1. The van der Waals surface area contributed by atoms with Crippen molar-refractivity contribution in [3.63, 3.8) is 0 Å². The smallest absolute Gasteiger partial charge is 0.234 e. The number of rotatable bonds is 5. The van der Waals surface area contributed by atoms with Crippen LogP contribution in [0.25, 0.3) is 0 Å². The Bertz CT molecular complexity index is 595. The molecule has 3 saturated heterocycles. The minimum Gasteiger partial charge on any atom is -0.395 e. The van der Waals surface area contributed by atoms with E-state index in [0.717, 1.165) is 25.2 Å². The van der Waals surface area contributed by atoms with Gasteiger partial charge in [-0.1, -0.05) is 36.8 Å². The Morgan fingerprint density at radius 1 is 1.15 bits per heavy atom. The van der Waals surface area contributed by atoms with Crippen molar-refractivity contribution in [1.82, 2.24) is 15.1 Å². The van der Waals surface area contributed by atoms with E-state index < -0.39 is 0 Å². The summed E-state index contributed by atoms with van der Waals surface area (Å²) < 4.78 is 0. The molecule has 3 heterocycles. The van der Waals surface area contributed by atoms with Crippen LogP contribution in [0.4, 0.5) is 0 Å². The van der Waals surface area contributed by atoms with Crippen molar-refractivity contribution >= 4 is 5.91 Å². The molecule has 1 amide bonds. The molecule has 5 nitrogen and oxygen atoms in total. The monoisotopic (exact) mass is 357 g/mol. The summed E-state index contributed by atoms with van der Waals surface area (Å²) >= 11 is 0. The van der Waals surface area contributed by atoms with Crippen LogP contribution in [0, 0.1) is 11.8 Å². The van der Waals surface area contributed by atoms with Crippen molar-refractivity contribution in [2.75, 3.05) is 32.8 Å². The lowest BCUT2D eigenvalue weighted by Crippen LogP contribution is -2.64. The Hall–Kier alpha value is -1.43. The molecule has 2 bridgehead atoms. The van der Waals surface area contributed by atoms with Gasteiger partial charge in [-0.15, -0.1) is 0 Å². The van der Waals surface area contributed by atoms with Crippen LogP contribution in [-0.2, 0) is 11.3 Å². The number of nitrogens with zero attached hydrogens (tertiary/aromatic N) is 2. The largest absolute Gasteiger partial charge is 0.395 e. The van der Waals surface area contributed by atoms with Gasteiger partial charge in [-0.05, 0) is 43.2 Å². The SMILES string of the molecule is O=C(CN1C[C@H]2C[C@@H](C1)[C@H](CO)N1CCCC[C@@H]21)NCc1ccccc1. The lowest BCUT2D eigenvalue weighted by atomic mass is 9.72. The third-order valence-electron chi connectivity index (χ3n) is 6.58. The highest BCUT2D eigenvalue weighted by Crippen LogP contribution is 2.40. The molecular formula is C21H31N3O2. The van der Waals surface area contributed by atoms with Gasteiger partial charge in [-0.2, -0.15) is 0 Å². The zero-order chi connectivity index (χ0) is 17.9. The molecule has 1 aromatic rings. The first kappa shape index (κ1) is 18.0. The van der Waals surface area contributed by atoms with Crippen molar-refractivity contribution in [3.8, 4) is 0 Å². The average molecular weight is 357 g/mol. The molecule has 0 aromatic heterocycles. The van der Waals surface area contributed by atoms with Gasteiger partial charge >= 0.3 is 0 Å². The maximum atomic E-state index is 12.4. The molecule has 0 aliphatic carbocycles. The van der Waals surface area contributed by atoms with Crippen LogP contribution in [0.3, 0.4) is 0 Å². The van der Waals surface area contributed by atoms with Gasteiger partial charge in [0.05, 0.1) is 13.2 Å². The van der Waals surface area contributed by atoms with Crippen LogP contribution in [0.5, 0.6) is 0 Å². The van der Waals surface area contributed by atoms with E-state index in [1.807, 2.05) is 30.3 Å². The van der Waals surface area contributed by atoms with Crippen LogP contribution in [0.1, 0.15) is 31.2 Å². The number of amides is 1. The summed E-state index contributed by atoms with van der Waals surface area (Å²) in [6, 6.07) is 10.9. The van der Waals surface area contributed by atoms with Crippen molar-refractivity contribution in [1.29, 1.82) is 0 Å². The zero-order valence-electron chi connectivity index (χ0n) is 15.5. The molecule has 3 aliphatic rings. The zero-order valence-corrected chi connectivity index (χ0v) is 15.5. The van der Waals surface area contributed by atoms with Crippen LogP contribution in [-0.4, -0.2) is 65.7 Å². The number of fused-ring (bicyclic) bond motifs is 4. The third kappa shape index (κ3) is 3.80.